The summed E-state index contributed by atoms with van der Waals surface area (Å²) in [5, 5.41) is 11.9. The molecule has 4 heteroatoms. The molecule has 0 saturated heterocycles. The lowest BCUT2D eigenvalue weighted by molar-refractivity contribution is 1.14. The van der Waals surface area contributed by atoms with E-state index in [9.17, 15) is 0 Å². The number of aryl methyl sites for hydroxylation is 1. The van der Waals surface area contributed by atoms with Crippen molar-refractivity contribution in [1.82, 2.24) is 4.98 Å². The lowest BCUT2D eigenvalue weighted by Gasteiger charge is -2.03. The van der Waals surface area contributed by atoms with Gasteiger partial charge in [-0.2, -0.15) is 5.26 Å². The van der Waals surface area contributed by atoms with Crippen molar-refractivity contribution >= 4 is 17.2 Å². The van der Waals surface area contributed by atoms with Crippen molar-refractivity contribution in [1.29, 1.82) is 5.26 Å². The van der Waals surface area contributed by atoms with E-state index < -0.39 is 0 Å². The highest BCUT2D eigenvalue weighted by Gasteiger charge is 1.98. The molecule has 2 rings (SSSR count). The molecule has 0 saturated carbocycles. The fraction of sp³-hybridized carbons (Fsp3) is 0.167. The lowest BCUT2D eigenvalue weighted by Crippen LogP contribution is -1.99. The number of nitrogens with one attached hydrogen (secondary N) is 1. The van der Waals surface area contributed by atoms with E-state index in [2.05, 4.69) is 35.4 Å². The molecular weight excluding hydrogens is 218 g/mol. The molecule has 3 nitrogen and oxygen atoms in total. The molecule has 1 N–H and O–H groups in total. The van der Waals surface area contributed by atoms with Crippen LogP contribution in [-0.2, 0) is 6.54 Å². The Morgan fingerprint density at radius 2 is 2.31 bits per heavy atom. The third-order valence-corrected chi connectivity index (χ3v) is 3.13. The van der Waals surface area contributed by atoms with E-state index in [1.54, 1.807) is 29.7 Å². The van der Waals surface area contributed by atoms with Gasteiger partial charge in [0.25, 0.3) is 0 Å². The SMILES string of the molecule is Cc1ccc(CNc2cc(C#N)ccn2)s1. The van der Waals surface area contributed by atoms with Crippen LogP contribution >= 0.6 is 11.3 Å². The van der Waals surface area contributed by atoms with E-state index in [0.717, 1.165) is 12.4 Å². The van der Waals surface area contributed by atoms with Gasteiger partial charge in [0.05, 0.1) is 18.2 Å². The van der Waals surface area contributed by atoms with Crippen molar-refractivity contribution in [3.63, 3.8) is 0 Å². The number of anilines is 1. The van der Waals surface area contributed by atoms with Crippen LogP contribution in [0.3, 0.4) is 0 Å². The standard InChI is InChI=1S/C12H11N3S/c1-9-2-3-11(16-9)8-15-12-6-10(7-13)4-5-14-12/h2-6H,8H2,1H3,(H,14,15). The number of hydrogen-bond donors (Lipinski definition) is 1. The van der Waals surface area contributed by atoms with E-state index in [-0.39, 0.29) is 0 Å². The van der Waals surface area contributed by atoms with Crippen LogP contribution in [-0.4, -0.2) is 4.98 Å². The van der Waals surface area contributed by atoms with Gasteiger partial charge in [-0.3, -0.25) is 0 Å². The summed E-state index contributed by atoms with van der Waals surface area (Å²) in [5.41, 5.74) is 0.625. The zero-order valence-corrected chi connectivity index (χ0v) is 9.71. The van der Waals surface area contributed by atoms with Crippen LogP contribution in [0.2, 0.25) is 0 Å². The molecule has 16 heavy (non-hydrogen) atoms. The monoisotopic (exact) mass is 229 g/mol. The van der Waals surface area contributed by atoms with Gasteiger partial charge in [-0.05, 0) is 31.2 Å². The molecule has 80 valence electrons. The summed E-state index contributed by atoms with van der Waals surface area (Å²) >= 11 is 1.76. The third-order valence-electron chi connectivity index (χ3n) is 2.13. The molecule has 2 aromatic rings. The average molecular weight is 229 g/mol. The van der Waals surface area contributed by atoms with Gasteiger partial charge in [0.2, 0.25) is 0 Å². The average Bonchev–Trinajstić information content (AvgIpc) is 2.73. The molecule has 0 amide bonds. The molecule has 0 fully saturated rings. The first-order valence-corrected chi connectivity index (χ1v) is 5.75. The molecule has 0 atom stereocenters. The molecule has 0 aliphatic carbocycles. The third kappa shape index (κ3) is 2.59. The van der Waals surface area contributed by atoms with Gasteiger partial charge in [-0.25, -0.2) is 4.98 Å². The first-order valence-electron chi connectivity index (χ1n) is 4.93. The number of nitrogens with zero attached hydrogens (tertiary/aromatic N) is 2. The Balaban J connectivity index is 2.02. The Morgan fingerprint density at radius 3 is 3.00 bits per heavy atom. The Hall–Kier alpha value is -1.86. The largest absolute Gasteiger partial charge is 0.365 e. The zero-order valence-electron chi connectivity index (χ0n) is 8.90. The summed E-state index contributed by atoms with van der Waals surface area (Å²) in [6.07, 6.45) is 1.64. The van der Waals surface area contributed by atoms with Crippen LogP contribution in [0.1, 0.15) is 15.3 Å². The highest BCUT2D eigenvalue weighted by atomic mass is 32.1. The van der Waals surface area contributed by atoms with Crippen LogP contribution in [0.15, 0.2) is 30.5 Å². The van der Waals surface area contributed by atoms with Crippen LogP contribution < -0.4 is 5.32 Å². The molecule has 2 aromatic heterocycles. The van der Waals surface area contributed by atoms with Gasteiger partial charge in [-0.15, -0.1) is 11.3 Å². The maximum absolute atomic E-state index is 8.75. The summed E-state index contributed by atoms with van der Waals surface area (Å²) in [7, 11) is 0. The molecule has 0 aliphatic heterocycles. The van der Waals surface area contributed by atoms with Crippen molar-refractivity contribution in [3.05, 3.63) is 45.8 Å². The summed E-state index contributed by atoms with van der Waals surface area (Å²) < 4.78 is 0. The molecule has 2 heterocycles. The summed E-state index contributed by atoms with van der Waals surface area (Å²) in [5.74, 6) is 0.741. The van der Waals surface area contributed by atoms with Crippen LogP contribution in [0, 0.1) is 18.3 Å². The first-order chi connectivity index (χ1) is 7.78. The second-order valence-electron chi connectivity index (χ2n) is 3.41. The van der Waals surface area contributed by atoms with E-state index in [1.165, 1.54) is 9.75 Å². The second-order valence-corrected chi connectivity index (χ2v) is 4.78. The van der Waals surface area contributed by atoms with E-state index in [1.807, 2.05) is 0 Å². The summed E-state index contributed by atoms with van der Waals surface area (Å²) in [4.78, 5) is 6.72. The Morgan fingerprint density at radius 1 is 1.44 bits per heavy atom. The topological polar surface area (TPSA) is 48.7 Å². The smallest absolute Gasteiger partial charge is 0.127 e. The van der Waals surface area contributed by atoms with Gasteiger partial charge >= 0.3 is 0 Å². The molecule has 0 unspecified atom stereocenters. The van der Waals surface area contributed by atoms with Crippen molar-refractivity contribution < 1.29 is 0 Å². The quantitative estimate of drug-likeness (QED) is 0.880. The van der Waals surface area contributed by atoms with E-state index in [4.69, 9.17) is 5.26 Å². The van der Waals surface area contributed by atoms with Crippen LogP contribution in [0.4, 0.5) is 5.82 Å². The minimum Gasteiger partial charge on any atom is -0.365 e. The summed E-state index contributed by atoms with van der Waals surface area (Å²) in [6.45, 7) is 2.84. The van der Waals surface area contributed by atoms with Crippen LogP contribution in [0.25, 0.3) is 0 Å². The van der Waals surface area contributed by atoms with Crippen LogP contribution in [0.5, 0.6) is 0 Å². The molecule has 0 bridgehead atoms. The number of thiophene rings is 1. The lowest BCUT2D eigenvalue weighted by atomic mass is 10.3. The number of hydrogen-bond acceptors (Lipinski definition) is 4. The van der Waals surface area contributed by atoms with Gasteiger partial charge in [0.15, 0.2) is 0 Å². The summed E-state index contributed by atoms with van der Waals surface area (Å²) in [6, 6.07) is 9.73. The zero-order chi connectivity index (χ0) is 11.4. The van der Waals surface area contributed by atoms with Gasteiger partial charge in [0, 0.05) is 16.0 Å². The minimum absolute atomic E-state index is 0.625. The van der Waals surface area contributed by atoms with Crippen molar-refractivity contribution in [2.45, 2.75) is 13.5 Å². The number of pyridine rings is 1. The van der Waals surface area contributed by atoms with Crippen molar-refractivity contribution in [2.24, 2.45) is 0 Å². The highest BCUT2D eigenvalue weighted by Crippen LogP contribution is 2.16. The van der Waals surface area contributed by atoms with E-state index in [0.29, 0.717) is 5.56 Å². The maximum Gasteiger partial charge on any atom is 0.127 e. The predicted molar refractivity (Wildman–Crippen MR) is 65.3 cm³/mol. The maximum atomic E-state index is 8.75. The fourth-order valence-electron chi connectivity index (χ4n) is 1.35. The second kappa shape index (κ2) is 4.77. The number of rotatable bonds is 3. The predicted octanol–water partition coefficient (Wildman–Crippen LogP) is 2.94. The first kappa shape index (κ1) is 10.7. The fourth-order valence-corrected chi connectivity index (χ4v) is 2.18. The Kier molecular flexibility index (Phi) is 3.18. The van der Waals surface area contributed by atoms with Crippen molar-refractivity contribution in [2.75, 3.05) is 5.32 Å². The number of aromatic nitrogens is 1. The van der Waals surface area contributed by atoms with Crippen molar-refractivity contribution in [3.8, 4) is 6.07 Å². The van der Waals surface area contributed by atoms with Gasteiger partial charge in [-0.1, -0.05) is 0 Å². The molecule has 0 aliphatic rings. The Bertz CT molecular complexity index is 525. The Labute approximate surface area is 98.4 Å². The molecule has 0 spiro atoms. The minimum atomic E-state index is 0.625. The normalized spacial score (nSPS) is 9.75. The van der Waals surface area contributed by atoms with E-state index >= 15 is 0 Å². The van der Waals surface area contributed by atoms with Gasteiger partial charge in [0.1, 0.15) is 5.82 Å². The molecule has 0 radical (unpaired) electrons. The van der Waals surface area contributed by atoms with Gasteiger partial charge < -0.3 is 5.32 Å². The molecular formula is C12H11N3S. The molecule has 0 aromatic carbocycles. The number of nitriles is 1. The highest BCUT2D eigenvalue weighted by molar-refractivity contribution is 7.11.